The summed E-state index contributed by atoms with van der Waals surface area (Å²) in [7, 11) is 1.43. The predicted octanol–water partition coefficient (Wildman–Crippen LogP) is 2.58. The van der Waals surface area contributed by atoms with Gasteiger partial charge in [-0.2, -0.15) is 13.2 Å². The zero-order valence-corrected chi connectivity index (χ0v) is 18.8. The van der Waals surface area contributed by atoms with Crippen molar-refractivity contribution in [3.8, 4) is 11.4 Å². The lowest BCUT2D eigenvalue weighted by molar-refractivity contribution is -0.137. The Labute approximate surface area is 196 Å². The van der Waals surface area contributed by atoms with Gasteiger partial charge in [0, 0.05) is 25.8 Å². The first kappa shape index (κ1) is 24.0. The fourth-order valence-electron chi connectivity index (χ4n) is 3.80. The summed E-state index contributed by atoms with van der Waals surface area (Å²) in [5.74, 6) is 0.0946. The van der Waals surface area contributed by atoms with E-state index in [4.69, 9.17) is 16.7 Å². The van der Waals surface area contributed by atoms with Gasteiger partial charge in [-0.15, -0.1) is 11.6 Å². The molecule has 0 fully saturated rings. The first-order chi connectivity index (χ1) is 16.1. The van der Waals surface area contributed by atoms with Gasteiger partial charge in [0.15, 0.2) is 11.2 Å². The number of dihydropyridines is 1. The van der Waals surface area contributed by atoms with Crippen molar-refractivity contribution in [2.75, 3.05) is 13.2 Å². The minimum atomic E-state index is -4.57. The minimum absolute atomic E-state index is 0.0171. The van der Waals surface area contributed by atoms with Gasteiger partial charge in [0.05, 0.1) is 29.7 Å². The van der Waals surface area contributed by atoms with Crippen LogP contribution in [0.4, 0.5) is 13.2 Å². The minimum Gasteiger partial charge on any atom is -0.396 e. The molecule has 12 heteroatoms. The van der Waals surface area contributed by atoms with Crippen molar-refractivity contribution in [3.05, 3.63) is 62.8 Å². The molecular formula is C22H21ClF3N5O3. The maximum absolute atomic E-state index is 13.4. The van der Waals surface area contributed by atoms with Crippen LogP contribution in [0.25, 0.3) is 22.6 Å². The lowest BCUT2D eigenvalue weighted by Crippen LogP contribution is -2.40. The average molecular weight is 496 g/mol. The number of nitrogens with zero attached hydrogens (tertiary/aromatic N) is 5. The molecule has 1 aliphatic rings. The van der Waals surface area contributed by atoms with Crippen molar-refractivity contribution in [2.24, 2.45) is 12.0 Å². The number of aryl methyl sites for hydroxylation is 1. The van der Waals surface area contributed by atoms with Crippen LogP contribution in [0.2, 0.25) is 0 Å². The van der Waals surface area contributed by atoms with Crippen molar-refractivity contribution < 1.29 is 18.3 Å². The summed E-state index contributed by atoms with van der Waals surface area (Å²) in [6, 6.07) is 4.62. The van der Waals surface area contributed by atoms with Crippen LogP contribution in [-0.4, -0.2) is 48.0 Å². The Morgan fingerprint density at radius 3 is 2.65 bits per heavy atom. The van der Waals surface area contributed by atoms with Crippen LogP contribution in [0.3, 0.4) is 0 Å². The van der Waals surface area contributed by atoms with E-state index < -0.39 is 23.0 Å². The monoisotopic (exact) mass is 495 g/mol. The molecule has 0 amide bonds. The van der Waals surface area contributed by atoms with Gasteiger partial charge in [0.25, 0.3) is 5.56 Å². The van der Waals surface area contributed by atoms with Crippen LogP contribution in [0, 0.1) is 0 Å². The van der Waals surface area contributed by atoms with E-state index in [9.17, 15) is 22.8 Å². The molecule has 1 unspecified atom stereocenters. The highest BCUT2D eigenvalue weighted by molar-refractivity contribution is 6.22. The van der Waals surface area contributed by atoms with E-state index >= 15 is 0 Å². The third-order valence-corrected chi connectivity index (χ3v) is 5.79. The number of aliphatic hydroxyl groups excluding tert-OH is 1. The maximum atomic E-state index is 13.4. The summed E-state index contributed by atoms with van der Waals surface area (Å²) < 4.78 is 43.7. The summed E-state index contributed by atoms with van der Waals surface area (Å²) in [5, 5.41) is 8.89. The van der Waals surface area contributed by atoms with Gasteiger partial charge in [-0.1, -0.05) is 18.2 Å². The van der Waals surface area contributed by atoms with Crippen LogP contribution in [0.5, 0.6) is 0 Å². The van der Waals surface area contributed by atoms with E-state index in [1.54, 1.807) is 12.2 Å². The number of fused-ring (bicyclic) bond motifs is 1. The van der Waals surface area contributed by atoms with Crippen LogP contribution < -0.4 is 11.2 Å². The molecule has 0 spiro atoms. The standard InChI is InChI=1S/C22H21ClF3N5O3/c1-29-19-17(20(33)30(21(29)34)8-3-9-32)31(12-16-7-6-15(23)11-27-16)18(28-19)13-4-2-5-14(10-13)22(24,25)26/h2,4-7,10,15,32H,3,8-9,11-12H2,1H3. The summed E-state index contributed by atoms with van der Waals surface area (Å²) in [6.45, 7) is 0.119. The predicted molar refractivity (Wildman–Crippen MR) is 122 cm³/mol. The number of imidazole rings is 1. The molecule has 34 heavy (non-hydrogen) atoms. The van der Waals surface area contributed by atoms with Crippen LogP contribution in [0.15, 0.2) is 51.0 Å². The van der Waals surface area contributed by atoms with Gasteiger partial charge >= 0.3 is 11.9 Å². The molecule has 0 radical (unpaired) electrons. The third-order valence-electron chi connectivity index (χ3n) is 5.51. The highest BCUT2D eigenvalue weighted by Crippen LogP contribution is 2.32. The number of halogens is 4. The van der Waals surface area contributed by atoms with Gasteiger partial charge < -0.3 is 9.67 Å². The lowest BCUT2D eigenvalue weighted by atomic mass is 10.1. The summed E-state index contributed by atoms with van der Waals surface area (Å²) >= 11 is 6.05. The number of rotatable bonds is 6. The number of hydrogen-bond acceptors (Lipinski definition) is 5. The van der Waals surface area contributed by atoms with Crippen LogP contribution in [-0.2, 0) is 26.3 Å². The highest BCUT2D eigenvalue weighted by atomic mass is 35.5. The van der Waals surface area contributed by atoms with Crippen LogP contribution in [0.1, 0.15) is 12.0 Å². The molecule has 1 aliphatic heterocycles. The second-order valence-electron chi connectivity index (χ2n) is 7.86. The first-order valence-corrected chi connectivity index (χ1v) is 10.9. The van der Waals surface area contributed by atoms with Gasteiger partial charge in [-0.25, -0.2) is 9.78 Å². The average Bonchev–Trinajstić information content (AvgIpc) is 3.18. The Kier molecular flexibility index (Phi) is 6.50. The fourth-order valence-corrected chi connectivity index (χ4v) is 3.95. The van der Waals surface area contributed by atoms with Gasteiger partial charge in [-0.05, 0) is 24.6 Å². The third kappa shape index (κ3) is 4.45. The maximum Gasteiger partial charge on any atom is 0.416 e. The summed E-state index contributed by atoms with van der Waals surface area (Å²) in [5.41, 5.74) is -1.36. The lowest BCUT2D eigenvalue weighted by Gasteiger charge is -2.14. The second-order valence-corrected chi connectivity index (χ2v) is 8.42. The summed E-state index contributed by atoms with van der Waals surface area (Å²) in [4.78, 5) is 34.9. The Balaban J connectivity index is 1.99. The van der Waals surface area contributed by atoms with Gasteiger partial charge in [0.1, 0.15) is 5.82 Å². The molecule has 1 aromatic carbocycles. The first-order valence-electron chi connectivity index (χ1n) is 10.5. The van der Waals surface area contributed by atoms with Gasteiger partial charge in [-0.3, -0.25) is 18.9 Å². The van der Waals surface area contributed by atoms with Crippen molar-refractivity contribution in [1.82, 2.24) is 18.7 Å². The Morgan fingerprint density at radius 1 is 1.24 bits per heavy atom. The van der Waals surface area contributed by atoms with Crippen molar-refractivity contribution in [3.63, 3.8) is 0 Å². The molecule has 0 saturated carbocycles. The summed E-state index contributed by atoms with van der Waals surface area (Å²) in [6.07, 6.45) is -0.957. The number of hydrogen-bond donors (Lipinski definition) is 1. The number of aliphatic imine (C=N–C) groups is 1. The molecule has 1 atom stereocenters. The van der Waals surface area contributed by atoms with E-state index in [2.05, 4.69) is 9.98 Å². The van der Waals surface area contributed by atoms with Crippen molar-refractivity contribution >= 4 is 28.5 Å². The number of allylic oxidation sites excluding steroid dienone is 1. The van der Waals surface area contributed by atoms with E-state index in [-0.39, 0.29) is 54.0 Å². The molecule has 0 bridgehead atoms. The van der Waals surface area contributed by atoms with Crippen molar-refractivity contribution in [1.29, 1.82) is 0 Å². The normalized spacial score (nSPS) is 16.3. The van der Waals surface area contributed by atoms with Crippen LogP contribution >= 0.6 is 11.6 Å². The number of aromatic nitrogens is 4. The second kappa shape index (κ2) is 9.22. The molecule has 0 aliphatic carbocycles. The topological polar surface area (TPSA) is 94.4 Å². The number of aliphatic hydroxyl groups is 1. The molecule has 3 aromatic rings. The molecule has 4 rings (SSSR count). The molecule has 3 heterocycles. The number of alkyl halides is 4. The fraction of sp³-hybridized carbons (Fsp3) is 0.364. The molecule has 1 N–H and O–H groups in total. The van der Waals surface area contributed by atoms with E-state index in [0.717, 1.165) is 16.7 Å². The highest BCUT2D eigenvalue weighted by Gasteiger charge is 2.31. The Hall–Kier alpha value is -3.18. The van der Waals surface area contributed by atoms with Gasteiger partial charge in [0.2, 0.25) is 0 Å². The largest absolute Gasteiger partial charge is 0.416 e. The van der Waals surface area contributed by atoms with E-state index in [1.807, 2.05) is 0 Å². The quantitative estimate of drug-likeness (QED) is 0.532. The SMILES string of the molecule is Cn1c(=O)n(CCCO)c(=O)c2c1nc(-c1cccc(C(F)(F)F)c1)n2CC1=NCC(Cl)C=C1. The Bertz CT molecular complexity index is 1420. The number of benzene rings is 1. The molecular weight excluding hydrogens is 475 g/mol. The van der Waals surface area contributed by atoms with E-state index in [0.29, 0.717) is 12.3 Å². The molecule has 0 saturated heterocycles. The molecule has 180 valence electrons. The Morgan fingerprint density at radius 2 is 2.00 bits per heavy atom. The van der Waals surface area contributed by atoms with Crippen molar-refractivity contribution in [2.45, 2.75) is 31.1 Å². The molecule has 8 nitrogen and oxygen atoms in total. The zero-order valence-electron chi connectivity index (χ0n) is 18.1. The smallest absolute Gasteiger partial charge is 0.396 e. The van der Waals surface area contributed by atoms with E-state index in [1.165, 1.54) is 28.3 Å². The zero-order chi connectivity index (χ0) is 24.6. The molecule has 2 aromatic heterocycles.